The number of pyridine rings is 1. The summed E-state index contributed by atoms with van der Waals surface area (Å²) in [5, 5.41) is 7.43. The summed E-state index contributed by atoms with van der Waals surface area (Å²) >= 11 is 0. The Hall–Kier alpha value is -1.95. The van der Waals surface area contributed by atoms with Gasteiger partial charge in [0, 0.05) is 19.3 Å². The van der Waals surface area contributed by atoms with E-state index in [4.69, 9.17) is 4.74 Å². The van der Waals surface area contributed by atoms with Crippen LogP contribution in [0.4, 0.5) is 0 Å². The van der Waals surface area contributed by atoms with Crippen LogP contribution in [-0.4, -0.2) is 26.3 Å². The first-order valence-corrected chi connectivity index (χ1v) is 7.19. The highest BCUT2D eigenvalue weighted by atomic mass is 16.5. The molecule has 0 bridgehead atoms. The van der Waals surface area contributed by atoms with Crippen LogP contribution in [0.15, 0.2) is 18.5 Å². The lowest BCUT2D eigenvalue weighted by atomic mass is 10.2. The van der Waals surface area contributed by atoms with Crippen LogP contribution < -0.4 is 10.1 Å². The minimum Gasteiger partial charge on any atom is -0.484 e. The van der Waals surface area contributed by atoms with E-state index in [0.717, 1.165) is 29.5 Å². The van der Waals surface area contributed by atoms with Crippen LogP contribution in [-0.2, 0) is 20.2 Å². The van der Waals surface area contributed by atoms with Crippen molar-refractivity contribution in [2.75, 3.05) is 6.54 Å². The summed E-state index contributed by atoms with van der Waals surface area (Å²) in [5.74, 6) is 2.19. The smallest absolute Gasteiger partial charge is 0.164 e. The molecule has 2 aromatic rings. The summed E-state index contributed by atoms with van der Waals surface area (Å²) in [7, 11) is 1.85. The first kappa shape index (κ1) is 15.4. The highest BCUT2D eigenvalue weighted by Gasteiger charge is 2.08. The molecule has 0 spiro atoms. The van der Waals surface area contributed by atoms with Crippen LogP contribution in [0.2, 0.25) is 0 Å². The fraction of sp³-hybridized carbons (Fsp3) is 0.533. The highest BCUT2D eigenvalue weighted by Crippen LogP contribution is 2.18. The van der Waals surface area contributed by atoms with Crippen molar-refractivity contribution in [1.29, 1.82) is 0 Å². The lowest BCUT2D eigenvalue weighted by molar-refractivity contribution is 0.284. The Morgan fingerprint density at radius 1 is 1.33 bits per heavy atom. The zero-order chi connectivity index (χ0) is 15.2. The molecule has 0 saturated heterocycles. The molecule has 0 radical (unpaired) electrons. The fourth-order valence-corrected chi connectivity index (χ4v) is 1.93. The van der Waals surface area contributed by atoms with Gasteiger partial charge in [-0.05, 0) is 31.5 Å². The Bertz CT molecular complexity index is 579. The second-order valence-electron chi connectivity index (χ2n) is 5.51. The molecule has 2 aromatic heterocycles. The maximum Gasteiger partial charge on any atom is 0.164 e. The normalized spacial score (nSPS) is 11.1. The summed E-state index contributed by atoms with van der Waals surface area (Å²) in [6, 6.07) is 3.92. The van der Waals surface area contributed by atoms with E-state index in [0.29, 0.717) is 19.1 Å². The molecular weight excluding hydrogens is 266 g/mol. The molecule has 0 aliphatic carbocycles. The van der Waals surface area contributed by atoms with Gasteiger partial charge in [0.15, 0.2) is 5.82 Å². The van der Waals surface area contributed by atoms with Crippen LogP contribution in [0.3, 0.4) is 0 Å². The third-order valence-electron chi connectivity index (χ3n) is 3.08. The molecule has 0 unspecified atom stereocenters. The molecule has 21 heavy (non-hydrogen) atoms. The number of rotatable bonds is 7. The third-order valence-corrected chi connectivity index (χ3v) is 3.08. The van der Waals surface area contributed by atoms with E-state index in [1.54, 1.807) is 4.68 Å². The first-order chi connectivity index (χ1) is 10.1. The van der Waals surface area contributed by atoms with E-state index in [1.165, 1.54) is 6.33 Å². The minimum absolute atomic E-state index is 0.387. The molecule has 6 nitrogen and oxygen atoms in total. The van der Waals surface area contributed by atoms with Crippen molar-refractivity contribution in [1.82, 2.24) is 25.1 Å². The number of hydrogen-bond donors (Lipinski definition) is 1. The summed E-state index contributed by atoms with van der Waals surface area (Å²) in [6.45, 7) is 8.40. The van der Waals surface area contributed by atoms with Crippen LogP contribution in [0.1, 0.15) is 31.1 Å². The molecule has 2 rings (SSSR count). The molecule has 114 valence electrons. The predicted molar refractivity (Wildman–Crippen MR) is 80.9 cm³/mol. The zero-order valence-corrected chi connectivity index (χ0v) is 13.1. The third kappa shape index (κ3) is 4.53. The van der Waals surface area contributed by atoms with Crippen molar-refractivity contribution in [3.05, 3.63) is 35.7 Å². The lowest BCUT2D eigenvalue weighted by Gasteiger charge is -2.13. The van der Waals surface area contributed by atoms with Gasteiger partial charge in [-0.25, -0.2) is 4.98 Å². The average molecular weight is 289 g/mol. The van der Waals surface area contributed by atoms with Crippen molar-refractivity contribution < 1.29 is 4.74 Å². The molecule has 1 N–H and O–H groups in total. The van der Waals surface area contributed by atoms with E-state index >= 15 is 0 Å². The van der Waals surface area contributed by atoms with Gasteiger partial charge < -0.3 is 10.1 Å². The van der Waals surface area contributed by atoms with Gasteiger partial charge in [0.25, 0.3) is 0 Å². The van der Waals surface area contributed by atoms with Crippen LogP contribution in [0, 0.1) is 12.8 Å². The molecule has 0 saturated carbocycles. The Morgan fingerprint density at radius 2 is 2.14 bits per heavy atom. The van der Waals surface area contributed by atoms with Gasteiger partial charge >= 0.3 is 0 Å². The van der Waals surface area contributed by atoms with E-state index in [2.05, 4.69) is 34.2 Å². The largest absolute Gasteiger partial charge is 0.484 e. The maximum atomic E-state index is 5.85. The Labute approximate surface area is 125 Å². The van der Waals surface area contributed by atoms with Gasteiger partial charge in [-0.3, -0.25) is 9.67 Å². The summed E-state index contributed by atoms with van der Waals surface area (Å²) in [5.41, 5.74) is 1.92. The SMILES string of the molecule is Cc1ccc(OCc2ncnn2C)c(CNCC(C)C)n1. The second-order valence-corrected chi connectivity index (χ2v) is 5.51. The van der Waals surface area contributed by atoms with Gasteiger partial charge in [-0.15, -0.1) is 0 Å². The van der Waals surface area contributed by atoms with Crippen LogP contribution >= 0.6 is 0 Å². The number of hydrogen-bond acceptors (Lipinski definition) is 5. The summed E-state index contributed by atoms with van der Waals surface area (Å²) in [6.07, 6.45) is 1.52. The van der Waals surface area contributed by atoms with Crippen molar-refractivity contribution in [3.8, 4) is 5.75 Å². The Morgan fingerprint density at radius 3 is 2.81 bits per heavy atom. The van der Waals surface area contributed by atoms with Crippen molar-refractivity contribution in [2.24, 2.45) is 13.0 Å². The topological polar surface area (TPSA) is 64.9 Å². The number of nitrogens with one attached hydrogen (secondary N) is 1. The molecular formula is C15H23N5O. The van der Waals surface area contributed by atoms with Crippen molar-refractivity contribution in [3.63, 3.8) is 0 Å². The fourth-order valence-electron chi connectivity index (χ4n) is 1.93. The zero-order valence-electron chi connectivity index (χ0n) is 13.1. The number of nitrogens with zero attached hydrogens (tertiary/aromatic N) is 4. The molecule has 0 aromatic carbocycles. The van der Waals surface area contributed by atoms with Crippen LogP contribution in [0.25, 0.3) is 0 Å². The first-order valence-electron chi connectivity index (χ1n) is 7.19. The number of aryl methyl sites for hydroxylation is 2. The molecule has 0 aliphatic rings. The Balaban J connectivity index is 2.02. The predicted octanol–water partition coefficient (Wildman–Crippen LogP) is 1.84. The van der Waals surface area contributed by atoms with Gasteiger partial charge in [0.2, 0.25) is 0 Å². The minimum atomic E-state index is 0.387. The molecule has 0 fully saturated rings. The summed E-state index contributed by atoms with van der Waals surface area (Å²) in [4.78, 5) is 8.72. The van der Waals surface area contributed by atoms with E-state index in [9.17, 15) is 0 Å². The Kier molecular flexibility index (Phi) is 5.27. The maximum absolute atomic E-state index is 5.85. The number of aromatic nitrogens is 4. The quantitative estimate of drug-likeness (QED) is 0.842. The second kappa shape index (κ2) is 7.17. The van der Waals surface area contributed by atoms with Crippen molar-refractivity contribution >= 4 is 0 Å². The van der Waals surface area contributed by atoms with E-state index in [-0.39, 0.29) is 0 Å². The van der Waals surface area contributed by atoms with Gasteiger partial charge in [-0.1, -0.05) is 13.8 Å². The lowest BCUT2D eigenvalue weighted by Crippen LogP contribution is -2.20. The standard InChI is InChI=1S/C15H23N5O/c1-11(2)7-16-8-13-14(6-5-12(3)19-13)21-9-15-17-10-18-20(15)4/h5-6,10-11,16H,7-9H2,1-4H3. The average Bonchev–Trinajstić information content (AvgIpc) is 2.83. The summed E-state index contributed by atoms with van der Waals surface area (Å²) < 4.78 is 7.56. The molecule has 0 amide bonds. The molecule has 0 aliphatic heterocycles. The molecule has 0 atom stereocenters. The van der Waals surface area contributed by atoms with Gasteiger partial charge in [0.1, 0.15) is 18.7 Å². The number of ether oxygens (including phenoxy) is 1. The van der Waals surface area contributed by atoms with Crippen molar-refractivity contribution in [2.45, 2.75) is 33.9 Å². The van der Waals surface area contributed by atoms with Crippen LogP contribution in [0.5, 0.6) is 5.75 Å². The monoisotopic (exact) mass is 289 g/mol. The molecule has 2 heterocycles. The van der Waals surface area contributed by atoms with E-state index in [1.807, 2.05) is 26.1 Å². The van der Waals surface area contributed by atoms with Gasteiger partial charge in [0.05, 0.1) is 5.69 Å². The van der Waals surface area contributed by atoms with Gasteiger partial charge in [-0.2, -0.15) is 5.10 Å². The molecule has 6 heteroatoms. The van der Waals surface area contributed by atoms with E-state index < -0.39 is 0 Å². The highest BCUT2D eigenvalue weighted by molar-refractivity contribution is 5.29.